The van der Waals surface area contributed by atoms with Gasteiger partial charge in [0, 0.05) is 18.1 Å². The van der Waals surface area contributed by atoms with Crippen LogP contribution >= 0.6 is 23.4 Å². The van der Waals surface area contributed by atoms with Gasteiger partial charge in [-0.25, -0.2) is 9.67 Å². The standard InChI is InChI=1S/C18H18ClN5O2S/c1-11(17(25)26-2)27-18-22-16-14(15-20-8-3-9-23(15)18)10-21-24(16)13-6-4-12(19)5-7-13/h4-7,10-11H,3,8-9H2,1-2H3/t11-/m0/s1. The minimum absolute atomic E-state index is 0.282. The molecule has 0 spiro atoms. The Balaban J connectivity index is 1.78. The van der Waals surface area contributed by atoms with Gasteiger partial charge in [-0.1, -0.05) is 23.4 Å². The first-order valence-corrected chi connectivity index (χ1v) is 9.83. The van der Waals surface area contributed by atoms with E-state index < -0.39 is 0 Å². The van der Waals surface area contributed by atoms with Crippen LogP contribution in [0.25, 0.3) is 5.69 Å². The summed E-state index contributed by atoms with van der Waals surface area (Å²) in [7, 11) is 1.39. The maximum Gasteiger partial charge on any atom is 0.318 e. The Morgan fingerprint density at radius 3 is 2.85 bits per heavy atom. The number of esters is 1. The third-order valence-electron chi connectivity index (χ3n) is 4.36. The SMILES string of the molecule is COC(=O)[C@H](C)SC1=Nc2c(cnn2-c2ccc(Cl)cc2)C2=NCCCN12. The second-order valence-electron chi connectivity index (χ2n) is 6.16. The normalized spacial score (nSPS) is 16.8. The zero-order valence-electron chi connectivity index (χ0n) is 14.9. The monoisotopic (exact) mass is 403 g/mol. The molecule has 0 saturated heterocycles. The molecule has 0 amide bonds. The summed E-state index contributed by atoms with van der Waals surface area (Å²) in [5.41, 5.74) is 1.75. The first-order valence-electron chi connectivity index (χ1n) is 8.58. The van der Waals surface area contributed by atoms with Gasteiger partial charge < -0.3 is 9.64 Å². The minimum atomic E-state index is -0.370. The predicted octanol–water partition coefficient (Wildman–Crippen LogP) is 3.27. The average molecular weight is 404 g/mol. The third kappa shape index (κ3) is 3.35. The van der Waals surface area contributed by atoms with E-state index in [-0.39, 0.29) is 11.2 Å². The Morgan fingerprint density at radius 1 is 1.33 bits per heavy atom. The van der Waals surface area contributed by atoms with Crippen molar-refractivity contribution in [3.8, 4) is 5.69 Å². The summed E-state index contributed by atoms with van der Waals surface area (Å²) in [5, 5.41) is 5.53. The van der Waals surface area contributed by atoms with E-state index in [0.717, 1.165) is 41.8 Å². The van der Waals surface area contributed by atoms with Crippen LogP contribution in [0.2, 0.25) is 5.02 Å². The fraction of sp³-hybridized carbons (Fsp3) is 0.333. The molecule has 1 aromatic carbocycles. The Hall–Kier alpha value is -2.32. The molecule has 0 unspecified atom stereocenters. The number of benzene rings is 1. The zero-order chi connectivity index (χ0) is 19.0. The highest BCUT2D eigenvalue weighted by Gasteiger charge is 2.33. The number of carbonyl (C=O) groups excluding carboxylic acids is 1. The molecule has 0 fully saturated rings. The lowest BCUT2D eigenvalue weighted by atomic mass is 10.2. The van der Waals surface area contributed by atoms with Gasteiger partial charge in [0.05, 0.1) is 24.6 Å². The zero-order valence-corrected chi connectivity index (χ0v) is 16.5. The van der Waals surface area contributed by atoms with Crippen LogP contribution in [0.1, 0.15) is 18.9 Å². The number of fused-ring (bicyclic) bond motifs is 3. The Labute approximate surface area is 166 Å². The molecule has 0 bridgehead atoms. The number of ether oxygens (including phenoxy) is 1. The van der Waals surface area contributed by atoms with E-state index in [2.05, 4.69) is 10.00 Å². The van der Waals surface area contributed by atoms with Crippen LogP contribution in [0.5, 0.6) is 0 Å². The smallest absolute Gasteiger partial charge is 0.318 e. The van der Waals surface area contributed by atoms with Gasteiger partial charge >= 0.3 is 5.97 Å². The Bertz CT molecular complexity index is 938. The average Bonchev–Trinajstić information content (AvgIpc) is 3.12. The fourth-order valence-corrected chi connectivity index (χ4v) is 4.09. The summed E-state index contributed by atoms with van der Waals surface area (Å²) in [6.07, 6.45) is 2.73. The first-order chi connectivity index (χ1) is 13.1. The van der Waals surface area contributed by atoms with Gasteiger partial charge in [0.2, 0.25) is 0 Å². The highest BCUT2D eigenvalue weighted by Crippen LogP contribution is 2.34. The fourth-order valence-electron chi connectivity index (χ4n) is 3.01. The van der Waals surface area contributed by atoms with Gasteiger partial charge in [0.25, 0.3) is 0 Å². The van der Waals surface area contributed by atoms with Crippen LogP contribution in [0.4, 0.5) is 5.82 Å². The molecule has 27 heavy (non-hydrogen) atoms. The minimum Gasteiger partial charge on any atom is -0.468 e. The Morgan fingerprint density at radius 2 is 2.11 bits per heavy atom. The summed E-state index contributed by atoms with van der Waals surface area (Å²) in [6.45, 7) is 3.39. The molecule has 140 valence electrons. The van der Waals surface area contributed by atoms with Gasteiger partial charge in [0.15, 0.2) is 11.0 Å². The molecule has 1 atom stereocenters. The van der Waals surface area contributed by atoms with Crippen LogP contribution in [-0.2, 0) is 9.53 Å². The van der Waals surface area contributed by atoms with Crippen molar-refractivity contribution in [2.24, 2.45) is 9.98 Å². The van der Waals surface area contributed by atoms with E-state index in [1.165, 1.54) is 18.9 Å². The lowest BCUT2D eigenvalue weighted by Crippen LogP contribution is -2.42. The van der Waals surface area contributed by atoms with E-state index in [0.29, 0.717) is 10.8 Å². The number of aromatic nitrogens is 2. The van der Waals surface area contributed by atoms with Crippen LogP contribution in [0.15, 0.2) is 40.4 Å². The molecule has 2 aliphatic heterocycles. The highest BCUT2D eigenvalue weighted by atomic mass is 35.5. The molecular formula is C18H18ClN5O2S. The quantitative estimate of drug-likeness (QED) is 0.735. The molecule has 4 rings (SSSR count). The second kappa shape index (κ2) is 7.36. The van der Waals surface area contributed by atoms with Crippen molar-refractivity contribution in [3.63, 3.8) is 0 Å². The molecule has 1 aromatic heterocycles. The Kier molecular flexibility index (Phi) is 4.92. The van der Waals surface area contributed by atoms with Crippen molar-refractivity contribution in [3.05, 3.63) is 41.0 Å². The van der Waals surface area contributed by atoms with Crippen LogP contribution in [0, 0.1) is 0 Å². The van der Waals surface area contributed by atoms with E-state index in [4.69, 9.17) is 26.3 Å². The number of aliphatic imine (C=N–C) groups is 2. The van der Waals surface area contributed by atoms with Crippen molar-refractivity contribution in [2.75, 3.05) is 20.2 Å². The summed E-state index contributed by atoms with van der Waals surface area (Å²) >= 11 is 7.37. The number of rotatable bonds is 3. The predicted molar refractivity (Wildman–Crippen MR) is 107 cm³/mol. The molecule has 7 nitrogen and oxygen atoms in total. The maximum absolute atomic E-state index is 11.9. The van der Waals surface area contributed by atoms with Gasteiger partial charge in [-0.2, -0.15) is 5.10 Å². The highest BCUT2D eigenvalue weighted by molar-refractivity contribution is 8.14. The maximum atomic E-state index is 11.9. The molecular weight excluding hydrogens is 386 g/mol. The molecule has 0 radical (unpaired) electrons. The van der Waals surface area contributed by atoms with Crippen LogP contribution < -0.4 is 0 Å². The van der Waals surface area contributed by atoms with Crippen molar-refractivity contribution in [2.45, 2.75) is 18.6 Å². The molecule has 0 N–H and O–H groups in total. The van der Waals surface area contributed by atoms with Gasteiger partial charge in [-0.05, 0) is 37.6 Å². The van der Waals surface area contributed by atoms with E-state index >= 15 is 0 Å². The van der Waals surface area contributed by atoms with Gasteiger partial charge in [-0.15, -0.1) is 0 Å². The third-order valence-corrected chi connectivity index (χ3v) is 5.68. The summed E-state index contributed by atoms with van der Waals surface area (Å²) in [4.78, 5) is 23.5. The largest absolute Gasteiger partial charge is 0.468 e. The lowest BCUT2D eigenvalue weighted by Gasteiger charge is -2.33. The van der Waals surface area contributed by atoms with Gasteiger partial charge in [-0.3, -0.25) is 9.79 Å². The number of thioether (sulfide) groups is 1. The number of halogens is 1. The molecule has 2 aromatic rings. The van der Waals surface area contributed by atoms with E-state index in [1.807, 2.05) is 31.2 Å². The molecule has 2 aliphatic rings. The number of carbonyl (C=O) groups is 1. The van der Waals surface area contributed by atoms with Gasteiger partial charge in [0.1, 0.15) is 11.1 Å². The van der Waals surface area contributed by atoms with E-state index in [1.54, 1.807) is 10.9 Å². The molecule has 9 heteroatoms. The van der Waals surface area contributed by atoms with Crippen molar-refractivity contribution >= 4 is 46.2 Å². The number of amidine groups is 2. The number of hydrogen-bond acceptors (Lipinski definition) is 7. The number of methoxy groups -OCH3 is 1. The van der Waals surface area contributed by atoms with Crippen LogP contribution in [-0.4, -0.2) is 57.1 Å². The second-order valence-corrected chi connectivity index (χ2v) is 7.90. The van der Waals surface area contributed by atoms with Crippen molar-refractivity contribution in [1.29, 1.82) is 0 Å². The van der Waals surface area contributed by atoms with Crippen molar-refractivity contribution in [1.82, 2.24) is 14.7 Å². The van der Waals surface area contributed by atoms with E-state index in [9.17, 15) is 4.79 Å². The first kappa shape index (κ1) is 18.1. The topological polar surface area (TPSA) is 72.1 Å². The summed E-state index contributed by atoms with van der Waals surface area (Å²) in [5.74, 6) is 1.27. The molecule has 0 aliphatic carbocycles. The number of hydrogen-bond donors (Lipinski definition) is 0. The van der Waals surface area contributed by atoms with Crippen LogP contribution in [0.3, 0.4) is 0 Å². The summed E-state index contributed by atoms with van der Waals surface area (Å²) < 4.78 is 6.62. The number of nitrogens with zero attached hydrogens (tertiary/aromatic N) is 5. The molecule has 3 heterocycles. The molecule has 0 saturated carbocycles. The van der Waals surface area contributed by atoms with Crippen molar-refractivity contribution < 1.29 is 9.53 Å². The summed E-state index contributed by atoms with van der Waals surface area (Å²) in [6, 6.07) is 7.42. The lowest BCUT2D eigenvalue weighted by molar-refractivity contribution is -0.139.